The maximum absolute atomic E-state index is 12.8. The van der Waals surface area contributed by atoms with Gasteiger partial charge in [-0.25, -0.2) is 4.79 Å². The molecular weight excluding hydrogens is 396 g/mol. The van der Waals surface area contributed by atoms with Crippen LogP contribution in [0.25, 0.3) is 11.1 Å². The van der Waals surface area contributed by atoms with Crippen LogP contribution >= 0.6 is 0 Å². The Labute approximate surface area is 181 Å². The summed E-state index contributed by atoms with van der Waals surface area (Å²) in [5, 5.41) is 11.6. The zero-order valence-corrected chi connectivity index (χ0v) is 17.4. The minimum Gasteiger partial charge on any atom is -0.481 e. The molecule has 0 unspecified atom stereocenters. The van der Waals surface area contributed by atoms with Crippen LogP contribution in [0.1, 0.15) is 43.2 Å². The Morgan fingerprint density at radius 3 is 2.32 bits per heavy atom. The summed E-state index contributed by atoms with van der Waals surface area (Å²) in [6.07, 6.45) is 0.569. The number of nitrogens with zero attached hydrogens (tertiary/aromatic N) is 1. The number of carbonyl (C=O) groups excluding carboxylic acids is 2. The van der Waals surface area contributed by atoms with Gasteiger partial charge in [-0.1, -0.05) is 48.5 Å². The van der Waals surface area contributed by atoms with Crippen LogP contribution in [0.2, 0.25) is 0 Å². The van der Waals surface area contributed by atoms with Gasteiger partial charge in [0.2, 0.25) is 5.91 Å². The zero-order chi connectivity index (χ0) is 22.0. The van der Waals surface area contributed by atoms with Crippen molar-refractivity contribution >= 4 is 18.0 Å². The maximum atomic E-state index is 12.8. The SMILES string of the molecule is C[C@H](CC(=O)O)NC(=O)[C@@H]1CCCN1C(=O)OCC1c2ccccc2-c2ccccc21. The lowest BCUT2D eigenvalue weighted by Gasteiger charge is -2.25. The van der Waals surface area contributed by atoms with Crippen LogP contribution in [0.15, 0.2) is 48.5 Å². The molecule has 2 aromatic carbocycles. The van der Waals surface area contributed by atoms with Crippen molar-refractivity contribution in [3.63, 3.8) is 0 Å². The molecule has 1 fully saturated rings. The van der Waals surface area contributed by atoms with E-state index in [4.69, 9.17) is 9.84 Å². The fraction of sp³-hybridized carbons (Fsp3) is 0.375. The molecule has 1 saturated heterocycles. The average molecular weight is 422 g/mol. The molecule has 7 nitrogen and oxygen atoms in total. The molecule has 2 aromatic rings. The van der Waals surface area contributed by atoms with Gasteiger partial charge in [0.15, 0.2) is 0 Å². The molecule has 162 valence electrons. The maximum Gasteiger partial charge on any atom is 0.410 e. The van der Waals surface area contributed by atoms with Gasteiger partial charge in [0.05, 0.1) is 6.42 Å². The van der Waals surface area contributed by atoms with E-state index in [2.05, 4.69) is 29.6 Å². The van der Waals surface area contributed by atoms with E-state index in [0.29, 0.717) is 19.4 Å². The van der Waals surface area contributed by atoms with Crippen molar-refractivity contribution in [1.29, 1.82) is 0 Å². The third kappa shape index (κ3) is 4.26. The standard InChI is InChI=1S/C24H26N2O5/c1-15(13-22(27)28)25-23(29)21-11-6-12-26(21)24(30)31-14-20-18-9-4-2-7-16(18)17-8-3-5-10-19(17)20/h2-5,7-10,15,20-21H,6,11-14H2,1H3,(H,25,29)(H,27,28)/t15-,21+/m1/s1. The van der Waals surface area contributed by atoms with Crippen molar-refractivity contribution in [3.05, 3.63) is 59.7 Å². The number of hydrogen-bond acceptors (Lipinski definition) is 4. The molecule has 1 heterocycles. The minimum atomic E-state index is -0.979. The quantitative estimate of drug-likeness (QED) is 0.744. The molecular formula is C24H26N2O5. The first kappa shape index (κ1) is 20.9. The third-order valence-electron chi connectivity index (χ3n) is 6.00. The second kappa shape index (κ2) is 8.79. The highest BCUT2D eigenvalue weighted by molar-refractivity contribution is 5.87. The molecule has 2 amide bonds. The first-order chi connectivity index (χ1) is 15.0. The molecule has 0 bridgehead atoms. The molecule has 1 aliphatic carbocycles. The Hall–Kier alpha value is -3.35. The number of aliphatic carboxylic acids is 1. The first-order valence-electron chi connectivity index (χ1n) is 10.6. The summed E-state index contributed by atoms with van der Waals surface area (Å²) in [6, 6.07) is 15.1. The van der Waals surface area contributed by atoms with Crippen LogP contribution < -0.4 is 5.32 Å². The molecule has 2 atom stereocenters. The van der Waals surface area contributed by atoms with Crippen molar-refractivity contribution in [2.45, 2.75) is 44.2 Å². The second-order valence-corrected chi connectivity index (χ2v) is 8.16. The lowest BCUT2D eigenvalue weighted by molar-refractivity contribution is -0.137. The molecule has 2 aliphatic rings. The Kier molecular flexibility index (Phi) is 5.93. The van der Waals surface area contributed by atoms with Gasteiger partial charge < -0.3 is 15.2 Å². The minimum absolute atomic E-state index is 0.0400. The number of ether oxygens (including phenoxy) is 1. The summed E-state index contributed by atoms with van der Waals surface area (Å²) in [6.45, 7) is 2.29. The monoisotopic (exact) mass is 422 g/mol. The normalized spacial score (nSPS) is 18.2. The molecule has 31 heavy (non-hydrogen) atoms. The highest BCUT2D eigenvalue weighted by atomic mass is 16.6. The van der Waals surface area contributed by atoms with Crippen molar-refractivity contribution in [1.82, 2.24) is 10.2 Å². The van der Waals surface area contributed by atoms with Gasteiger partial charge in [-0.2, -0.15) is 0 Å². The van der Waals surface area contributed by atoms with Gasteiger partial charge in [0, 0.05) is 18.5 Å². The zero-order valence-electron chi connectivity index (χ0n) is 17.4. The second-order valence-electron chi connectivity index (χ2n) is 8.16. The first-order valence-corrected chi connectivity index (χ1v) is 10.6. The van der Waals surface area contributed by atoms with E-state index in [1.807, 2.05) is 24.3 Å². The van der Waals surface area contributed by atoms with Gasteiger partial charge >= 0.3 is 12.1 Å². The summed E-state index contributed by atoms with van der Waals surface area (Å²) in [5.41, 5.74) is 4.58. The summed E-state index contributed by atoms with van der Waals surface area (Å²) in [4.78, 5) is 37.7. The van der Waals surface area contributed by atoms with Crippen LogP contribution in [0.3, 0.4) is 0 Å². The van der Waals surface area contributed by atoms with Crippen molar-refractivity contribution < 1.29 is 24.2 Å². The van der Waals surface area contributed by atoms with Gasteiger partial charge in [0.1, 0.15) is 12.6 Å². The highest BCUT2D eigenvalue weighted by Crippen LogP contribution is 2.44. The van der Waals surface area contributed by atoms with Crippen LogP contribution in [-0.4, -0.2) is 53.2 Å². The van der Waals surface area contributed by atoms with E-state index in [-0.39, 0.29) is 24.9 Å². The van der Waals surface area contributed by atoms with Crippen LogP contribution in [-0.2, 0) is 14.3 Å². The molecule has 7 heteroatoms. The number of rotatable bonds is 6. The van der Waals surface area contributed by atoms with E-state index in [9.17, 15) is 14.4 Å². The van der Waals surface area contributed by atoms with Crippen LogP contribution in [0.5, 0.6) is 0 Å². The number of carboxylic acids is 1. The molecule has 0 saturated carbocycles. The van der Waals surface area contributed by atoms with E-state index in [0.717, 1.165) is 22.3 Å². The average Bonchev–Trinajstić information content (AvgIpc) is 3.35. The largest absolute Gasteiger partial charge is 0.481 e. The number of likely N-dealkylation sites (tertiary alicyclic amines) is 1. The third-order valence-corrected chi connectivity index (χ3v) is 6.00. The molecule has 2 N–H and O–H groups in total. The van der Waals surface area contributed by atoms with Crippen molar-refractivity contribution in [2.24, 2.45) is 0 Å². The smallest absolute Gasteiger partial charge is 0.410 e. The molecule has 0 spiro atoms. The lowest BCUT2D eigenvalue weighted by atomic mass is 9.98. The van der Waals surface area contributed by atoms with Crippen LogP contribution in [0.4, 0.5) is 4.79 Å². The van der Waals surface area contributed by atoms with Crippen LogP contribution in [0, 0.1) is 0 Å². The van der Waals surface area contributed by atoms with E-state index in [1.54, 1.807) is 6.92 Å². The predicted molar refractivity (Wildman–Crippen MR) is 115 cm³/mol. The Bertz CT molecular complexity index is 959. The fourth-order valence-corrected chi connectivity index (χ4v) is 4.59. The number of hydrogen-bond donors (Lipinski definition) is 2. The number of nitrogens with one attached hydrogen (secondary N) is 1. The summed E-state index contributed by atoms with van der Waals surface area (Å²) >= 11 is 0. The molecule has 1 aliphatic heterocycles. The Morgan fingerprint density at radius 2 is 1.71 bits per heavy atom. The van der Waals surface area contributed by atoms with Gasteiger partial charge in [-0.3, -0.25) is 14.5 Å². The molecule has 4 rings (SSSR count). The predicted octanol–water partition coefficient (Wildman–Crippen LogP) is 3.38. The Balaban J connectivity index is 1.42. The number of carboxylic acid groups (broad SMARTS) is 1. The van der Waals surface area contributed by atoms with Gasteiger partial charge in [-0.05, 0) is 42.0 Å². The molecule has 0 aromatic heterocycles. The van der Waals surface area contributed by atoms with Crippen molar-refractivity contribution in [3.8, 4) is 11.1 Å². The highest BCUT2D eigenvalue weighted by Gasteiger charge is 2.37. The van der Waals surface area contributed by atoms with E-state index >= 15 is 0 Å². The number of amides is 2. The Morgan fingerprint density at radius 1 is 1.10 bits per heavy atom. The van der Waals surface area contributed by atoms with E-state index in [1.165, 1.54) is 4.90 Å². The summed E-state index contributed by atoms with van der Waals surface area (Å²) in [5.74, 6) is -1.35. The summed E-state index contributed by atoms with van der Waals surface area (Å²) in [7, 11) is 0. The van der Waals surface area contributed by atoms with Gasteiger partial charge in [0.25, 0.3) is 0 Å². The van der Waals surface area contributed by atoms with Crippen molar-refractivity contribution in [2.75, 3.05) is 13.2 Å². The fourth-order valence-electron chi connectivity index (χ4n) is 4.59. The number of carbonyl (C=O) groups is 3. The van der Waals surface area contributed by atoms with E-state index < -0.39 is 24.1 Å². The summed E-state index contributed by atoms with van der Waals surface area (Å²) < 4.78 is 5.69. The topological polar surface area (TPSA) is 95.9 Å². The number of fused-ring (bicyclic) bond motifs is 3. The molecule has 0 radical (unpaired) electrons. The number of benzene rings is 2. The lowest BCUT2D eigenvalue weighted by Crippen LogP contribution is -2.48. The van der Waals surface area contributed by atoms with Gasteiger partial charge in [-0.15, -0.1) is 0 Å².